The second-order valence-electron chi connectivity index (χ2n) is 6.15. The predicted molar refractivity (Wildman–Crippen MR) is 97.2 cm³/mol. The lowest BCUT2D eigenvalue weighted by atomic mass is 9.79. The number of benzene rings is 2. The molecule has 1 fully saturated rings. The first-order chi connectivity index (χ1) is 12.1. The average molecular weight is 361 g/mol. The Balaban J connectivity index is 2.14. The largest absolute Gasteiger partial charge is 0.408 e. The van der Waals surface area contributed by atoms with E-state index in [4.69, 9.17) is 9.05 Å². The van der Waals surface area contributed by atoms with Crippen LogP contribution in [0.3, 0.4) is 0 Å². The molecule has 1 heterocycles. The first-order valence-electron chi connectivity index (χ1n) is 8.38. The highest BCUT2D eigenvalue weighted by Crippen LogP contribution is 2.57. The SMILES string of the molecule is COP(=O)(OC)N1CCC[C@H]1C(O)(c1ccccc1)c1ccccc1. The lowest BCUT2D eigenvalue weighted by Crippen LogP contribution is -2.47. The smallest absolute Gasteiger partial charge is 0.379 e. The zero-order chi connectivity index (χ0) is 17.9. The van der Waals surface area contributed by atoms with Crippen LogP contribution in [-0.2, 0) is 19.2 Å². The number of hydrogen-bond acceptors (Lipinski definition) is 4. The molecule has 134 valence electrons. The van der Waals surface area contributed by atoms with Crippen LogP contribution in [0, 0.1) is 0 Å². The van der Waals surface area contributed by atoms with Crippen LogP contribution < -0.4 is 0 Å². The molecule has 1 aliphatic rings. The van der Waals surface area contributed by atoms with Crippen molar-refractivity contribution in [2.24, 2.45) is 0 Å². The van der Waals surface area contributed by atoms with Crippen LogP contribution >= 0.6 is 7.75 Å². The van der Waals surface area contributed by atoms with Crippen molar-refractivity contribution in [2.45, 2.75) is 24.5 Å². The molecule has 2 aromatic carbocycles. The van der Waals surface area contributed by atoms with Gasteiger partial charge in [0.05, 0.1) is 6.04 Å². The zero-order valence-electron chi connectivity index (χ0n) is 14.5. The van der Waals surface area contributed by atoms with E-state index < -0.39 is 19.4 Å². The third kappa shape index (κ3) is 3.19. The van der Waals surface area contributed by atoms with E-state index >= 15 is 0 Å². The van der Waals surface area contributed by atoms with E-state index in [1.165, 1.54) is 14.2 Å². The van der Waals surface area contributed by atoms with Crippen LogP contribution in [0.1, 0.15) is 24.0 Å². The summed E-state index contributed by atoms with van der Waals surface area (Å²) in [5.74, 6) is 0. The summed E-state index contributed by atoms with van der Waals surface area (Å²) < 4.78 is 25.2. The third-order valence-electron chi connectivity index (χ3n) is 4.91. The molecule has 0 aliphatic carbocycles. The average Bonchev–Trinajstić information content (AvgIpc) is 3.19. The van der Waals surface area contributed by atoms with Crippen LogP contribution in [0.2, 0.25) is 0 Å². The maximum atomic E-state index is 13.0. The van der Waals surface area contributed by atoms with Gasteiger partial charge in [-0.2, -0.15) is 0 Å². The molecule has 0 spiro atoms. The van der Waals surface area contributed by atoms with Crippen molar-refractivity contribution < 1.29 is 18.7 Å². The minimum atomic E-state index is -3.45. The normalized spacial score (nSPS) is 19.2. The summed E-state index contributed by atoms with van der Waals surface area (Å²) >= 11 is 0. The zero-order valence-corrected chi connectivity index (χ0v) is 15.4. The van der Waals surface area contributed by atoms with Gasteiger partial charge in [0, 0.05) is 20.8 Å². The van der Waals surface area contributed by atoms with Crippen molar-refractivity contribution >= 4 is 7.75 Å². The maximum absolute atomic E-state index is 13.0. The van der Waals surface area contributed by atoms with Gasteiger partial charge in [-0.15, -0.1) is 0 Å². The third-order valence-corrected chi connectivity index (χ3v) is 6.94. The first kappa shape index (κ1) is 18.3. The summed E-state index contributed by atoms with van der Waals surface area (Å²) in [5, 5.41) is 11.9. The molecule has 1 aliphatic heterocycles. The molecule has 3 rings (SSSR count). The van der Waals surface area contributed by atoms with Crippen LogP contribution in [0.25, 0.3) is 0 Å². The fourth-order valence-corrected chi connectivity index (χ4v) is 5.27. The molecule has 0 bridgehead atoms. The van der Waals surface area contributed by atoms with Crippen molar-refractivity contribution in [1.29, 1.82) is 0 Å². The Labute approximate surface area is 148 Å². The van der Waals surface area contributed by atoms with Crippen molar-refractivity contribution in [3.63, 3.8) is 0 Å². The van der Waals surface area contributed by atoms with Crippen LogP contribution in [-0.4, -0.2) is 36.6 Å². The van der Waals surface area contributed by atoms with E-state index in [9.17, 15) is 9.67 Å². The molecular weight excluding hydrogens is 337 g/mol. The van der Waals surface area contributed by atoms with E-state index in [2.05, 4.69) is 0 Å². The Morgan fingerprint density at radius 1 is 1.00 bits per heavy atom. The fourth-order valence-electron chi connectivity index (χ4n) is 3.69. The monoisotopic (exact) mass is 361 g/mol. The molecule has 1 saturated heterocycles. The van der Waals surface area contributed by atoms with Gasteiger partial charge in [0.25, 0.3) is 0 Å². The van der Waals surface area contributed by atoms with Crippen molar-refractivity contribution in [1.82, 2.24) is 4.67 Å². The fraction of sp³-hybridized carbons (Fsp3) is 0.368. The molecule has 0 aromatic heterocycles. The highest BCUT2D eigenvalue weighted by atomic mass is 31.2. The lowest BCUT2D eigenvalue weighted by molar-refractivity contribution is 0.0109. The quantitative estimate of drug-likeness (QED) is 0.794. The van der Waals surface area contributed by atoms with Crippen LogP contribution in [0.4, 0.5) is 0 Å². The predicted octanol–water partition coefficient (Wildman–Crippen LogP) is 3.79. The summed E-state index contributed by atoms with van der Waals surface area (Å²) in [6.07, 6.45) is 1.50. The number of nitrogens with zero attached hydrogens (tertiary/aromatic N) is 1. The van der Waals surface area contributed by atoms with Gasteiger partial charge in [-0.1, -0.05) is 60.7 Å². The molecule has 0 unspecified atom stereocenters. The molecule has 0 amide bonds. The molecule has 1 atom stereocenters. The minimum absolute atomic E-state index is 0.414. The van der Waals surface area contributed by atoms with Crippen LogP contribution in [0.15, 0.2) is 60.7 Å². The van der Waals surface area contributed by atoms with Crippen molar-refractivity contribution in [2.75, 3.05) is 20.8 Å². The molecule has 2 aromatic rings. The van der Waals surface area contributed by atoms with E-state index in [0.29, 0.717) is 13.0 Å². The Morgan fingerprint density at radius 2 is 1.48 bits per heavy atom. The van der Waals surface area contributed by atoms with E-state index in [-0.39, 0.29) is 0 Å². The highest BCUT2D eigenvalue weighted by Gasteiger charge is 2.51. The van der Waals surface area contributed by atoms with Gasteiger partial charge >= 0.3 is 7.75 Å². The van der Waals surface area contributed by atoms with Gasteiger partial charge in [-0.05, 0) is 24.0 Å². The van der Waals surface area contributed by atoms with Gasteiger partial charge in [-0.25, -0.2) is 9.24 Å². The second-order valence-corrected chi connectivity index (χ2v) is 8.33. The van der Waals surface area contributed by atoms with Gasteiger partial charge in [0.2, 0.25) is 0 Å². The Kier molecular flexibility index (Phi) is 5.42. The Bertz CT molecular complexity index is 690. The van der Waals surface area contributed by atoms with Gasteiger partial charge in [-0.3, -0.25) is 9.05 Å². The van der Waals surface area contributed by atoms with Gasteiger partial charge < -0.3 is 5.11 Å². The topological polar surface area (TPSA) is 59.0 Å². The molecule has 0 saturated carbocycles. The summed E-state index contributed by atoms with van der Waals surface area (Å²) in [6.45, 7) is 0.547. The van der Waals surface area contributed by atoms with E-state index in [1.807, 2.05) is 60.7 Å². The molecule has 5 nitrogen and oxygen atoms in total. The second kappa shape index (κ2) is 7.40. The van der Waals surface area contributed by atoms with E-state index in [1.54, 1.807) is 4.67 Å². The van der Waals surface area contributed by atoms with Gasteiger partial charge in [0.15, 0.2) is 0 Å². The highest BCUT2D eigenvalue weighted by molar-refractivity contribution is 7.51. The Morgan fingerprint density at radius 3 is 1.92 bits per heavy atom. The minimum Gasteiger partial charge on any atom is -0.379 e. The molecular formula is C19H24NO4P. The number of hydrogen-bond donors (Lipinski definition) is 1. The van der Waals surface area contributed by atoms with E-state index in [0.717, 1.165) is 17.5 Å². The summed E-state index contributed by atoms with van der Waals surface area (Å²) in [7, 11) is -0.691. The van der Waals surface area contributed by atoms with Crippen molar-refractivity contribution in [3.8, 4) is 0 Å². The molecule has 25 heavy (non-hydrogen) atoms. The first-order valence-corrected chi connectivity index (χ1v) is 9.88. The maximum Gasteiger partial charge on any atom is 0.408 e. The van der Waals surface area contributed by atoms with Crippen molar-refractivity contribution in [3.05, 3.63) is 71.8 Å². The summed E-state index contributed by atoms with van der Waals surface area (Å²) in [6, 6.07) is 18.6. The standard InChI is InChI=1S/C19H24NO4P/c1-23-25(22,24-2)20-15-9-14-18(20)19(21,16-10-5-3-6-11-16)17-12-7-4-8-13-17/h3-8,10-13,18,21H,9,14-15H2,1-2H3/t18-/m0/s1. The van der Waals surface area contributed by atoms with Gasteiger partial charge in [0.1, 0.15) is 5.60 Å². The summed E-state index contributed by atoms with van der Waals surface area (Å²) in [4.78, 5) is 0. The molecule has 1 N–H and O–H groups in total. The lowest BCUT2D eigenvalue weighted by Gasteiger charge is -2.41. The summed E-state index contributed by atoms with van der Waals surface area (Å²) in [5.41, 5.74) is 0.208. The number of rotatable bonds is 6. The number of aliphatic hydroxyl groups is 1. The Hall–Kier alpha value is -1.49. The molecule has 0 radical (unpaired) electrons. The molecule has 6 heteroatoms. The van der Waals surface area contributed by atoms with Crippen LogP contribution in [0.5, 0.6) is 0 Å².